The summed E-state index contributed by atoms with van der Waals surface area (Å²) in [5, 5.41) is 10.9. The monoisotopic (exact) mass is 253 g/mol. The van der Waals surface area contributed by atoms with Crippen molar-refractivity contribution in [2.45, 2.75) is 81.5 Å². The Balaban J connectivity index is 1.70. The molecule has 2 saturated carbocycles. The summed E-state index contributed by atoms with van der Waals surface area (Å²) in [4.78, 5) is 0. The predicted octanol–water partition coefficient (Wildman–Crippen LogP) is 2.36. The minimum absolute atomic E-state index is 0.101. The maximum atomic E-state index is 10.9. The Morgan fingerprint density at radius 1 is 1.00 bits per heavy atom. The van der Waals surface area contributed by atoms with Crippen LogP contribution in [0.3, 0.4) is 0 Å². The summed E-state index contributed by atoms with van der Waals surface area (Å²) in [6.45, 7) is 0.836. The molecule has 1 spiro atoms. The summed E-state index contributed by atoms with van der Waals surface area (Å²) in [6, 6.07) is 0.208. The van der Waals surface area contributed by atoms with Gasteiger partial charge in [0.25, 0.3) is 0 Å². The first-order valence-corrected chi connectivity index (χ1v) is 7.74. The highest BCUT2D eigenvalue weighted by molar-refractivity contribution is 5.01. The van der Waals surface area contributed by atoms with Crippen LogP contribution in [-0.2, 0) is 4.74 Å². The first-order chi connectivity index (χ1) is 8.62. The van der Waals surface area contributed by atoms with Crippen molar-refractivity contribution in [3.05, 3.63) is 0 Å². The number of rotatable bonds is 1. The van der Waals surface area contributed by atoms with Gasteiger partial charge < -0.3 is 15.6 Å². The second kappa shape index (κ2) is 4.77. The van der Waals surface area contributed by atoms with Crippen molar-refractivity contribution >= 4 is 0 Å². The zero-order valence-electron chi connectivity index (χ0n) is 11.4. The Morgan fingerprint density at radius 2 is 1.78 bits per heavy atom. The van der Waals surface area contributed by atoms with E-state index in [1.165, 1.54) is 32.1 Å². The van der Waals surface area contributed by atoms with Crippen LogP contribution in [0.2, 0.25) is 0 Å². The highest BCUT2D eigenvalue weighted by atomic mass is 16.5. The lowest BCUT2D eigenvalue weighted by atomic mass is 9.70. The van der Waals surface area contributed by atoms with Gasteiger partial charge in [-0.25, -0.2) is 0 Å². The molecule has 3 unspecified atom stereocenters. The van der Waals surface area contributed by atoms with Crippen LogP contribution >= 0.6 is 0 Å². The number of ether oxygens (including phenoxy) is 1. The van der Waals surface area contributed by atoms with Crippen molar-refractivity contribution in [2.24, 2.45) is 11.7 Å². The molecule has 3 nitrogen and oxygen atoms in total. The van der Waals surface area contributed by atoms with Gasteiger partial charge in [-0.1, -0.05) is 19.3 Å². The molecule has 2 aliphatic carbocycles. The quantitative estimate of drug-likeness (QED) is 0.754. The third-order valence-electron chi connectivity index (χ3n) is 5.58. The first kappa shape index (κ1) is 12.9. The Kier molecular flexibility index (Phi) is 3.41. The molecule has 3 aliphatic rings. The van der Waals surface area contributed by atoms with E-state index >= 15 is 0 Å². The van der Waals surface area contributed by atoms with Gasteiger partial charge in [0.15, 0.2) is 0 Å². The molecular weight excluding hydrogens is 226 g/mol. The van der Waals surface area contributed by atoms with Crippen LogP contribution in [0.5, 0.6) is 0 Å². The zero-order chi connectivity index (χ0) is 12.6. The zero-order valence-corrected chi connectivity index (χ0v) is 11.4. The number of aliphatic hydroxyl groups is 1. The third-order valence-corrected chi connectivity index (χ3v) is 5.58. The summed E-state index contributed by atoms with van der Waals surface area (Å²) >= 11 is 0. The van der Waals surface area contributed by atoms with Gasteiger partial charge >= 0.3 is 0 Å². The van der Waals surface area contributed by atoms with E-state index in [-0.39, 0.29) is 11.6 Å². The topological polar surface area (TPSA) is 55.5 Å². The summed E-state index contributed by atoms with van der Waals surface area (Å²) in [5.74, 6) is 0.415. The lowest BCUT2D eigenvalue weighted by Gasteiger charge is -2.47. The number of hydrogen-bond donors (Lipinski definition) is 2. The molecule has 3 fully saturated rings. The van der Waals surface area contributed by atoms with E-state index in [4.69, 9.17) is 10.5 Å². The highest BCUT2D eigenvalue weighted by Gasteiger charge is 2.48. The molecule has 1 aliphatic heterocycles. The van der Waals surface area contributed by atoms with Gasteiger partial charge in [-0.05, 0) is 50.9 Å². The van der Waals surface area contributed by atoms with Crippen molar-refractivity contribution in [2.75, 3.05) is 6.61 Å². The SMILES string of the molecule is NC1CCC(O)(C2CCOC3(CCCCC3)C2)C1. The van der Waals surface area contributed by atoms with E-state index in [0.717, 1.165) is 38.7 Å². The third kappa shape index (κ3) is 2.33. The lowest BCUT2D eigenvalue weighted by Crippen LogP contribution is -2.48. The molecule has 0 aromatic heterocycles. The van der Waals surface area contributed by atoms with E-state index in [1.807, 2.05) is 0 Å². The fourth-order valence-electron chi connectivity index (χ4n) is 4.50. The molecule has 0 bridgehead atoms. The van der Waals surface area contributed by atoms with Crippen LogP contribution in [0.4, 0.5) is 0 Å². The van der Waals surface area contributed by atoms with Gasteiger partial charge in [-0.15, -0.1) is 0 Å². The van der Waals surface area contributed by atoms with Crippen LogP contribution in [0.1, 0.15) is 64.2 Å². The van der Waals surface area contributed by atoms with Crippen LogP contribution in [0.25, 0.3) is 0 Å². The minimum atomic E-state index is -0.492. The number of nitrogens with two attached hydrogens (primary N) is 1. The Morgan fingerprint density at radius 3 is 2.44 bits per heavy atom. The van der Waals surface area contributed by atoms with Gasteiger partial charge in [-0.2, -0.15) is 0 Å². The van der Waals surface area contributed by atoms with Crippen LogP contribution < -0.4 is 5.73 Å². The molecule has 3 atom stereocenters. The lowest BCUT2D eigenvalue weighted by molar-refractivity contribution is -0.154. The Bertz CT molecular complexity index is 295. The molecule has 1 heterocycles. The minimum Gasteiger partial charge on any atom is -0.390 e. The van der Waals surface area contributed by atoms with Crippen molar-refractivity contribution in [3.63, 3.8) is 0 Å². The van der Waals surface area contributed by atoms with Gasteiger partial charge in [-0.3, -0.25) is 0 Å². The molecule has 1 saturated heterocycles. The molecule has 104 valence electrons. The van der Waals surface area contributed by atoms with Gasteiger partial charge in [0, 0.05) is 12.6 Å². The maximum absolute atomic E-state index is 10.9. The van der Waals surface area contributed by atoms with Crippen LogP contribution in [-0.4, -0.2) is 29.0 Å². The largest absolute Gasteiger partial charge is 0.390 e. The Labute approximate surface area is 110 Å². The summed E-state index contributed by atoms with van der Waals surface area (Å²) < 4.78 is 6.13. The van der Waals surface area contributed by atoms with Crippen molar-refractivity contribution in [1.29, 1.82) is 0 Å². The van der Waals surface area contributed by atoms with E-state index in [0.29, 0.717) is 5.92 Å². The summed E-state index contributed by atoms with van der Waals surface area (Å²) in [6.07, 6.45) is 11.1. The molecule has 3 N–H and O–H groups in total. The van der Waals surface area contributed by atoms with Crippen molar-refractivity contribution in [1.82, 2.24) is 0 Å². The molecule has 0 aromatic rings. The molecule has 3 heteroatoms. The number of hydrogen-bond acceptors (Lipinski definition) is 3. The standard InChI is InChI=1S/C15H27NO2/c16-13-4-8-15(17,11-13)12-5-9-18-14(10-12)6-2-1-3-7-14/h12-13,17H,1-11,16H2. The maximum Gasteiger partial charge on any atom is 0.0693 e. The van der Waals surface area contributed by atoms with Gasteiger partial charge in [0.1, 0.15) is 0 Å². The van der Waals surface area contributed by atoms with Crippen molar-refractivity contribution in [3.8, 4) is 0 Å². The fourth-order valence-corrected chi connectivity index (χ4v) is 4.50. The summed E-state index contributed by atoms with van der Waals surface area (Å²) in [5.41, 5.74) is 5.60. The molecule has 18 heavy (non-hydrogen) atoms. The van der Waals surface area contributed by atoms with E-state index in [9.17, 15) is 5.11 Å². The second-order valence-corrected chi connectivity index (χ2v) is 6.89. The molecule has 0 radical (unpaired) electrons. The van der Waals surface area contributed by atoms with Crippen LogP contribution in [0, 0.1) is 5.92 Å². The average molecular weight is 253 g/mol. The van der Waals surface area contributed by atoms with Crippen LogP contribution in [0.15, 0.2) is 0 Å². The highest BCUT2D eigenvalue weighted by Crippen LogP contribution is 2.47. The van der Waals surface area contributed by atoms with E-state index in [2.05, 4.69) is 0 Å². The molecule has 0 aromatic carbocycles. The van der Waals surface area contributed by atoms with E-state index in [1.54, 1.807) is 0 Å². The smallest absolute Gasteiger partial charge is 0.0693 e. The fraction of sp³-hybridized carbons (Fsp3) is 1.00. The second-order valence-electron chi connectivity index (χ2n) is 6.89. The molecular formula is C15H27NO2. The normalized spacial score (nSPS) is 44.3. The van der Waals surface area contributed by atoms with E-state index < -0.39 is 5.60 Å². The summed E-state index contributed by atoms with van der Waals surface area (Å²) in [7, 11) is 0. The average Bonchev–Trinajstić information content (AvgIpc) is 2.72. The first-order valence-electron chi connectivity index (χ1n) is 7.74. The Hall–Kier alpha value is -0.120. The molecule has 0 amide bonds. The van der Waals surface area contributed by atoms with Gasteiger partial charge in [0.2, 0.25) is 0 Å². The van der Waals surface area contributed by atoms with Crippen molar-refractivity contribution < 1.29 is 9.84 Å². The van der Waals surface area contributed by atoms with Gasteiger partial charge in [0.05, 0.1) is 11.2 Å². The molecule has 3 rings (SSSR count). The predicted molar refractivity (Wildman–Crippen MR) is 71.3 cm³/mol.